The standard InChI is InChI=1S/C11H25NO6S2.ClH/c1-19(13,14)17-10-6-4-3-5-8-12-9-7-11-18-20(2,15)16;/h12H,3-11H2,1-2H3;1H. The Kier molecular flexibility index (Phi) is 14.0. The molecule has 0 atom stereocenters. The Bertz CT molecular complexity index is 396. The third-order valence-corrected chi connectivity index (χ3v) is 3.53. The van der Waals surface area contributed by atoms with Crippen molar-refractivity contribution < 1.29 is 25.2 Å². The molecule has 130 valence electrons. The summed E-state index contributed by atoms with van der Waals surface area (Å²) in [5.74, 6) is 0. The molecule has 0 aromatic carbocycles. The summed E-state index contributed by atoms with van der Waals surface area (Å²) in [6.45, 7) is 2.02. The molecule has 10 heteroatoms. The topological polar surface area (TPSA) is 98.8 Å². The summed E-state index contributed by atoms with van der Waals surface area (Å²) in [5.41, 5.74) is 0. The van der Waals surface area contributed by atoms with E-state index in [9.17, 15) is 16.8 Å². The van der Waals surface area contributed by atoms with Crippen molar-refractivity contribution in [2.24, 2.45) is 0 Å². The SMILES string of the molecule is CS(=O)(=O)OCCCCCCNCCCOS(C)(=O)=O.Cl. The Hall–Kier alpha value is 0.0700. The van der Waals surface area contributed by atoms with Crippen LogP contribution in [0, 0.1) is 0 Å². The molecule has 7 nitrogen and oxygen atoms in total. The lowest BCUT2D eigenvalue weighted by molar-refractivity contribution is 0.307. The van der Waals surface area contributed by atoms with Crippen LogP contribution in [0.5, 0.6) is 0 Å². The first kappa shape index (κ1) is 23.3. The fourth-order valence-electron chi connectivity index (χ4n) is 1.45. The quantitative estimate of drug-likeness (QED) is 0.381. The summed E-state index contributed by atoms with van der Waals surface area (Å²) in [6, 6.07) is 0. The lowest BCUT2D eigenvalue weighted by Gasteiger charge is -2.05. The maximum Gasteiger partial charge on any atom is 0.264 e. The van der Waals surface area contributed by atoms with Crippen LogP contribution < -0.4 is 5.32 Å². The summed E-state index contributed by atoms with van der Waals surface area (Å²) in [6.07, 6.45) is 6.38. The summed E-state index contributed by atoms with van der Waals surface area (Å²) < 4.78 is 51.9. The van der Waals surface area contributed by atoms with E-state index in [1.165, 1.54) is 0 Å². The molecule has 1 N–H and O–H groups in total. The molecule has 0 saturated heterocycles. The number of halogens is 1. The van der Waals surface area contributed by atoms with Gasteiger partial charge in [0, 0.05) is 0 Å². The highest BCUT2D eigenvalue weighted by molar-refractivity contribution is 7.86. The van der Waals surface area contributed by atoms with Crippen LogP contribution in [-0.2, 0) is 28.6 Å². The number of hydrogen-bond donors (Lipinski definition) is 1. The Balaban J connectivity index is 0. The van der Waals surface area contributed by atoms with Gasteiger partial charge in [-0.05, 0) is 32.4 Å². The Morgan fingerprint density at radius 1 is 0.714 bits per heavy atom. The molecule has 0 amide bonds. The van der Waals surface area contributed by atoms with E-state index in [-0.39, 0.29) is 25.6 Å². The molecule has 0 aromatic rings. The highest BCUT2D eigenvalue weighted by atomic mass is 35.5. The molecule has 0 aromatic heterocycles. The maximum atomic E-state index is 10.7. The molecule has 0 aliphatic rings. The normalized spacial score (nSPS) is 12.1. The Morgan fingerprint density at radius 3 is 1.67 bits per heavy atom. The highest BCUT2D eigenvalue weighted by Crippen LogP contribution is 2.00. The lowest BCUT2D eigenvalue weighted by atomic mass is 10.2. The second-order valence-corrected chi connectivity index (χ2v) is 7.86. The van der Waals surface area contributed by atoms with Crippen LogP contribution in [0.15, 0.2) is 0 Å². The fraction of sp³-hybridized carbons (Fsp3) is 1.00. The van der Waals surface area contributed by atoms with Gasteiger partial charge in [-0.1, -0.05) is 12.8 Å². The summed E-state index contributed by atoms with van der Waals surface area (Å²) >= 11 is 0. The molecular weight excluding hydrogens is 342 g/mol. The minimum atomic E-state index is -3.33. The third-order valence-electron chi connectivity index (χ3n) is 2.34. The van der Waals surface area contributed by atoms with Crippen molar-refractivity contribution >= 4 is 32.6 Å². The number of rotatable bonds is 13. The first-order valence-electron chi connectivity index (χ1n) is 6.60. The van der Waals surface area contributed by atoms with Gasteiger partial charge in [-0.25, -0.2) is 0 Å². The van der Waals surface area contributed by atoms with Gasteiger partial charge in [-0.2, -0.15) is 16.8 Å². The maximum absolute atomic E-state index is 10.7. The molecule has 0 bridgehead atoms. The van der Waals surface area contributed by atoms with Gasteiger partial charge < -0.3 is 5.32 Å². The fourth-order valence-corrected chi connectivity index (χ4v) is 2.29. The zero-order valence-corrected chi connectivity index (χ0v) is 15.0. The smallest absolute Gasteiger partial charge is 0.264 e. The van der Waals surface area contributed by atoms with E-state index in [1.54, 1.807) is 0 Å². The van der Waals surface area contributed by atoms with Crippen LogP contribution in [0.1, 0.15) is 32.1 Å². The van der Waals surface area contributed by atoms with Crippen LogP contribution >= 0.6 is 12.4 Å². The van der Waals surface area contributed by atoms with Crippen molar-refractivity contribution in [3.63, 3.8) is 0 Å². The van der Waals surface area contributed by atoms with Crippen molar-refractivity contribution in [1.29, 1.82) is 0 Å². The van der Waals surface area contributed by atoms with Crippen molar-refractivity contribution in [3.8, 4) is 0 Å². The van der Waals surface area contributed by atoms with Gasteiger partial charge in [0.1, 0.15) is 0 Å². The predicted molar refractivity (Wildman–Crippen MR) is 84.8 cm³/mol. The third kappa shape index (κ3) is 22.5. The summed E-state index contributed by atoms with van der Waals surface area (Å²) in [5, 5.41) is 3.18. The largest absolute Gasteiger partial charge is 0.317 e. The second kappa shape index (κ2) is 12.6. The van der Waals surface area contributed by atoms with Gasteiger partial charge in [-0.15, -0.1) is 12.4 Å². The molecule has 0 fully saturated rings. The Morgan fingerprint density at radius 2 is 1.14 bits per heavy atom. The first-order chi connectivity index (χ1) is 9.21. The molecule has 0 heterocycles. The average molecular weight is 368 g/mol. The molecular formula is C11H26ClNO6S2. The summed E-state index contributed by atoms with van der Waals surface area (Å²) in [7, 11) is -6.64. The molecule has 0 radical (unpaired) electrons. The van der Waals surface area contributed by atoms with Crippen molar-refractivity contribution in [2.75, 3.05) is 38.8 Å². The molecule has 0 aliphatic heterocycles. The van der Waals surface area contributed by atoms with E-state index < -0.39 is 20.2 Å². The zero-order chi connectivity index (χ0) is 15.5. The van der Waals surface area contributed by atoms with Gasteiger partial charge in [0.15, 0.2) is 0 Å². The molecule has 21 heavy (non-hydrogen) atoms. The van der Waals surface area contributed by atoms with Crippen LogP contribution in [-0.4, -0.2) is 55.7 Å². The van der Waals surface area contributed by atoms with Gasteiger partial charge in [0.25, 0.3) is 20.2 Å². The molecule has 0 aliphatic carbocycles. The van der Waals surface area contributed by atoms with Crippen LogP contribution in [0.25, 0.3) is 0 Å². The van der Waals surface area contributed by atoms with Crippen molar-refractivity contribution in [3.05, 3.63) is 0 Å². The zero-order valence-electron chi connectivity index (χ0n) is 12.5. The average Bonchev–Trinajstić information content (AvgIpc) is 2.27. The van der Waals surface area contributed by atoms with E-state index in [4.69, 9.17) is 0 Å². The summed E-state index contributed by atoms with van der Waals surface area (Å²) in [4.78, 5) is 0. The van der Waals surface area contributed by atoms with Gasteiger partial charge in [0.2, 0.25) is 0 Å². The number of hydrogen-bond acceptors (Lipinski definition) is 7. The van der Waals surface area contributed by atoms with Crippen molar-refractivity contribution in [2.45, 2.75) is 32.1 Å². The van der Waals surface area contributed by atoms with E-state index in [0.717, 1.165) is 44.7 Å². The number of nitrogens with one attached hydrogen (secondary N) is 1. The Labute approximate surface area is 134 Å². The van der Waals surface area contributed by atoms with Crippen molar-refractivity contribution in [1.82, 2.24) is 5.32 Å². The van der Waals surface area contributed by atoms with Gasteiger partial charge >= 0.3 is 0 Å². The first-order valence-corrected chi connectivity index (χ1v) is 10.2. The lowest BCUT2D eigenvalue weighted by Crippen LogP contribution is -2.18. The van der Waals surface area contributed by atoms with E-state index >= 15 is 0 Å². The van der Waals surface area contributed by atoms with Gasteiger partial charge in [-0.3, -0.25) is 8.37 Å². The molecule has 0 spiro atoms. The minimum Gasteiger partial charge on any atom is -0.317 e. The second-order valence-electron chi connectivity index (χ2n) is 4.57. The van der Waals surface area contributed by atoms with E-state index in [2.05, 4.69) is 13.7 Å². The predicted octanol–water partition coefficient (Wildman–Crippen LogP) is 0.901. The molecule has 0 rings (SSSR count). The monoisotopic (exact) mass is 367 g/mol. The van der Waals surface area contributed by atoms with E-state index in [1.807, 2.05) is 0 Å². The van der Waals surface area contributed by atoms with E-state index in [0.29, 0.717) is 13.0 Å². The van der Waals surface area contributed by atoms with Crippen LogP contribution in [0.2, 0.25) is 0 Å². The van der Waals surface area contributed by atoms with Crippen LogP contribution in [0.4, 0.5) is 0 Å². The highest BCUT2D eigenvalue weighted by Gasteiger charge is 2.01. The van der Waals surface area contributed by atoms with Crippen LogP contribution in [0.3, 0.4) is 0 Å². The molecule has 0 unspecified atom stereocenters. The number of unbranched alkanes of at least 4 members (excludes halogenated alkanes) is 3. The molecule has 0 saturated carbocycles. The minimum absolute atomic E-state index is 0. The van der Waals surface area contributed by atoms with Gasteiger partial charge in [0.05, 0.1) is 25.7 Å².